The van der Waals surface area contributed by atoms with Crippen LogP contribution in [0.25, 0.3) is 28.3 Å². The van der Waals surface area contributed by atoms with E-state index in [-0.39, 0.29) is 5.82 Å². The molecule has 0 aliphatic carbocycles. The zero-order valence-electron chi connectivity index (χ0n) is 18.1. The van der Waals surface area contributed by atoms with E-state index in [9.17, 15) is 4.39 Å². The lowest BCUT2D eigenvalue weighted by Crippen LogP contribution is -2.23. The standard InChI is InChI=1S/C26H26FN5/c1-17-13-30(16-21(17)12-28)23-6-7-24-20(10-23)15-31-14-19(18-2-4-22(27)5-3-18)11-25(31)26-29-8-9-32(24)26/h2-11,14,17,21H,12-13,15-16,28H2,1H3/t17-,21-/m1/s1. The van der Waals surface area contributed by atoms with Gasteiger partial charge in [0, 0.05) is 49.5 Å². The SMILES string of the molecule is C[C@@H]1CN(c2ccc3c(c2)Cn2cc(-c4ccc(F)cc4)cc2-c2nccn2-3)C[C@H]1CN. The van der Waals surface area contributed by atoms with E-state index in [1.807, 2.05) is 24.5 Å². The van der Waals surface area contributed by atoms with Crippen molar-refractivity contribution in [3.05, 3.63) is 78.5 Å². The molecule has 2 N–H and O–H groups in total. The van der Waals surface area contributed by atoms with Gasteiger partial charge in [0.1, 0.15) is 5.82 Å². The zero-order valence-corrected chi connectivity index (χ0v) is 18.1. The van der Waals surface area contributed by atoms with Gasteiger partial charge in [-0.15, -0.1) is 0 Å². The van der Waals surface area contributed by atoms with Crippen molar-refractivity contribution in [2.75, 3.05) is 24.5 Å². The highest BCUT2D eigenvalue weighted by atomic mass is 19.1. The minimum atomic E-state index is -0.223. The molecular weight excluding hydrogens is 401 g/mol. The van der Waals surface area contributed by atoms with Crippen molar-refractivity contribution < 1.29 is 4.39 Å². The van der Waals surface area contributed by atoms with Crippen LogP contribution >= 0.6 is 0 Å². The van der Waals surface area contributed by atoms with Crippen LogP contribution in [0.5, 0.6) is 0 Å². The van der Waals surface area contributed by atoms with Crippen molar-refractivity contribution >= 4 is 5.69 Å². The van der Waals surface area contributed by atoms with Crippen molar-refractivity contribution in [1.29, 1.82) is 0 Å². The van der Waals surface area contributed by atoms with E-state index in [1.165, 1.54) is 23.4 Å². The van der Waals surface area contributed by atoms with E-state index in [1.54, 1.807) is 0 Å². The molecule has 6 heteroatoms. The predicted octanol–water partition coefficient (Wildman–Crippen LogP) is 4.54. The van der Waals surface area contributed by atoms with E-state index in [0.717, 1.165) is 54.5 Å². The maximum Gasteiger partial charge on any atom is 0.161 e. The lowest BCUT2D eigenvalue weighted by atomic mass is 9.99. The minimum Gasteiger partial charge on any atom is -0.371 e. The summed E-state index contributed by atoms with van der Waals surface area (Å²) < 4.78 is 17.8. The molecule has 2 aliphatic rings. The third kappa shape index (κ3) is 3.06. The molecule has 4 aromatic rings. The topological polar surface area (TPSA) is 52.0 Å². The van der Waals surface area contributed by atoms with Gasteiger partial charge >= 0.3 is 0 Å². The molecule has 2 aromatic carbocycles. The summed E-state index contributed by atoms with van der Waals surface area (Å²) in [6, 6.07) is 15.6. The van der Waals surface area contributed by atoms with Crippen LogP contribution in [0.3, 0.4) is 0 Å². The van der Waals surface area contributed by atoms with Crippen LogP contribution in [0.2, 0.25) is 0 Å². The second-order valence-corrected chi connectivity index (χ2v) is 9.06. The number of benzene rings is 2. The summed E-state index contributed by atoms with van der Waals surface area (Å²) in [4.78, 5) is 7.13. The Morgan fingerprint density at radius 3 is 2.69 bits per heavy atom. The number of fused-ring (bicyclic) bond motifs is 5. The van der Waals surface area contributed by atoms with Crippen molar-refractivity contribution in [2.24, 2.45) is 17.6 Å². The molecule has 0 amide bonds. The molecule has 2 atom stereocenters. The Hall–Kier alpha value is -3.38. The first-order chi connectivity index (χ1) is 15.6. The van der Waals surface area contributed by atoms with Gasteiger partial charge in [0.25, 0.3) is 0 Å². The summed E-state index contributed by atoms with van der Waals surface area (Å²) in [6.45, 7) is 5.84. The first-order valence-electron chi connectivity index (χ1n) is 11.2. The van der Waals surface area contributed by atoms with Gasteiger partial charge in [-0.25, -0.2) is 9.37 Å². The molecule has 1 saturated heterocycles. The number of anilines is 1. The second kappa shape index (κ2) is 7.35. The summed E-state index contributed by atoms with van der Waals surface area (Å²) in [5, 5.41) is 0. The Balaban J connectivity index is 1.42. The Morgan fingerprint density at radius 2 is 1.91 bits per heavy atom. The third-order valence-corrected chi connectivity index (χ3v) is 7.04. The molecule has 4 heterocycles. The zero-order chi connectivity index (χ0) is 21.8. The molecular formula is C26H26FN5. The molecule has 0 unspecified atom stereocenters. The summed E-state index contributed by atoms with van der Waals surface area (Å²) in [6.07, 6.45) is 6.02. The summed E-state index contributed by atoms with van der Waals surface area (Å²) in [5.74, 6) is 1.85. The summed E-state index contributed by atoms with van der Waals surface area (Å²) in [7, 11) is 0. The third-order valence-electron chi connectivity index (χ3n) is 7.04. The van der Waals surface area contributed by atoms with Gasteiger partial charge in [0.15, 0.2) is 5.82 Å². The first kappa shape index (κ1) is 19.3. The molecule has 2 aromatic heterocycles. The van der Waals surface area contributed by atoms with Crippen LogP contribution in [-0.2, 0) is 6.54 Å². The highest BCUT2D eigenvalue weighted by molar-refractivity contribution is 5.72. The summed E-state index contributed by atoms with van der Waals surface area (Å²) in [5.41, 5.74) is 12.8. The van der Waals surface area contributed by atoms with Crippen molar-refractivity contribution in [3.63, 3.8) is 0 Å². The summed E-state index contributed by atoms with van der Waals surface area (Å²) >= 11 is 0. The van der Waals surface area contributed by atoms with E-state index < -0.39 is 0 Å². The van der Waals surface area contributed by atoms with Crippen LogP contribution in [0.1, 0.15) is 12.5 Å². The lowest BCUT2D eigenvalue weighted by molar-refractivity contribution is 0.463. The molecule has 162 valence electrons. The van der Waals surface area contributed by atoms with Crippen LogP contribution in [0.15, 0.2) is 67.1 Å². The fraction of sp³-hybridized carbons (Fsp3) is 0.269. The molecule has 0 saturated carbocycles. The van der Waals surface area contributed by atoms with E-state index in [4.69, 9.17) is 5.73 Å². The molecule has 6 rings (SSSR count). The van der Waals surface area contributed by atoms with E-state index >= 15 is 0 Å². The van der Waals surface area contributed by atoms with Gasteiger partial charge in [0.05, 0.1) is 11.4 Å². The monoisotopic (exact) mass is 427 g/mol. The van der Waals surface area contributed by atoms with Crippen LogP contribution < -0.4 is 10.6 Å². The number of rotatable bonds is 3. The van der Waals surface area contributed by atoms with Crippen molar-refractivity contribution in [3.8, 4) is 28.3 Å². The second-order valence-electron chi connectivity index (χ2n) is 9.06. The normalized spacial score (nSPS) is 19.4. The molecule has 32 heavy (non-hydrogen) atoms. The van der Waals surface area contributed by atoms with Gasteiger partial charge < -0.3 is 15.2 Å². The number of nitrogens with two attached hydrogens (primary N) is 1. The van der Waals surface area contributed by atoms with E-state index in [0.29, 0.717) is 11.8 Å². The largest absolute Gasteiger partial charge is 0.371 e. The van der Waals surface area contributed by atoms with Crippen LogP contribution in [0, 0.1) is 17.7 Å². The van der Waals surface area contributed by atoms with Gasteiger partial charge in [-0.1, -0.05) is 19.1 Å². The van der Waals surface area contributed by atoms with Gasteiger partial charge in [0.2, 0.25) is 0 Å². The highest BCUT2D eigenvalue weighted by Gasteiger charge is 2.29. The average Bonchev–Trinajstić information content (AvgIpc) is 3.51. The number of nitrogens with zero attached hydrogens (tertiary/aromatic N) is 4. The minimum absolute atomic E-state index is 0.223. The molecule has 1 fully saturated rings. The van der Waals surface area contributed by atoms with Gasteiger partial charge in [-0.3, -0.25) is 4.57 Å². The lowest BCUT2D eigenvalue weighted by Gasteiger charge is -2.21. The van der Waals surface area contributed by atoms with Crippen molar-refractivity contribution in [2.45, 2.75) is 13.5 Å². The predicted molar refractivity (Wildman–Crippen MR) is 125 cm³/mol. The van der Waals surface area contributed by atoms with E-state index in [2.05, 4.69) is 56.4 Å². The highest BCUT2D eigenvalue weighted by Crippen LogP contribution is 2.36. The maximum absolute atomic E-state index is 13.4. The number of halogens is 1. The maximum atomic E-state index is 13.4. The molecule has 0 radical (unpaired) electrons. The Morgan fingerprint density at radius 1 is 1.06 bits per heavy atom. The molecule has 2 aliphatic heterocycles. The van der Waals surface area contributed by atoms with Gasteiger partial charge in [-0.05, 0) is 65.9 Å². The number of hydrogen-bond acceptors (Lipinski definition) is 3. The number of hydrogen-bond donors (Lipinski definition) is 1. The Bertz CT molecular complexity index is 1290. The Labute approximate surface area is 186 Å². The Kier molecular flexibility index (Phi) is 4.43. The molecule has 5 nitrogen and oxygen atoms in total. The van der Waals surface area contributed by atoms with Crippen molar-refractivity contribution in [1.82, 2.24) is 14.1 Å². The number of imidazole rings is 1. The van der Waals surface area contributed by atoms with Crippen LogP contribution in [0.4, 0.5) is 10.1 Å². The average molecular weight is 428 g/mol. The number of aromatic nitrogens is 3. The molecule has 0 spiro atoms. The smallest absolute Gasteiger partial charge is 0.161 e. The van der Waals surface area contributed by atoms with Crippen LogP contribution in [-0.4, -0.2) is 33.8 Å². The fourth-order valence-electron chi connectivity index (χ4n) is 5.18. The fourth-order valence-corrected chi connectivity index (χ4v) is 5.18. The van der Waals surface area contributed by atoms with Gasteiger partial charge in [-0.2, -0.15) is 0 Å². The first-order valence-corrected chi connectivity index (χ1v) is 11.2. The quantitative estimate of drug-likeness (QED) is 0.460. The molecule has 0 bridgehead atoms.